The van der Waals surface area contributed by atoms with Crippen molar-refractivity contribution >= 4 is 17.8 Å². The second kappa shape index (κ2) is 5.46. The van der Waals surface area contributed by atoms with Crippen LogP contribution in [0.4, 0.5) is 4.79 Å². The molecule has 5 rings (SSSR count). The van der Waals surface area contributed by atoms with Crippen LogP contribution in [0.15, 0.2) is 0 Å². The fraction of sp³-hybridized carbons (Fsp3) is 0.833. The summed E-state index contributed by atoms with van der Waals surface area (Å²) < 4.78 is 0. The monoisotopic (exact) mass is 333 g/mol. The van der Waals surface area contributed by atoms with Crippen molar-refractivity contribution in [2.24, 2.45) is 23.2 Å². The zero-order chi connectivity index (χ0) is 17.1. The van der Waals surface area contributed by atoms with Gasteiger partial charge in [-0.05, 0) is 68.6 Å². The molecule has 4 saturated carbocycles. The van der Waals surface area contributed by atoms with Crippen LogP contribution in [0.2, 0.25) is 0 Å². The van der Waals surface area contributed by atoms with Crippen LogP contribution in [-0.2, 0) is 9.59 Å². The second-order valence-corrected chi connectivity index (χ2v) is 8.69. The first kappa shape index (κ1) is 15.9. The number of amides is 4. The molecule has 1 heterocycles. The van der Waals surface area contributed by atoms with Crippen LogP contribution in [0.25, 0.3) is 0 Å². The molecule has 1 atom stereocenters. The highest BCUT2D eigenvalue weighted by Gasteiger charge is 2.53. The Morgan fingerprint density at radius 1 is 1.17 bits per heavy atom. The Morgan fingerprint density at radius 3 is 2.17 bits per heavy atom. The lowest BCUT2D eigenvalue weighted by Gasteiger charge is -2.59. The van der Waals surface area contributed by atoms with Crippen LogP contribution in [0.3, 0.4) is 0 Å². The molecule has 6 heteroatoms. The molecule has 1 unspecified atom stereocenters. The Morgan fingerprint density at radius 2 is 1.71 bits per heavy atom. The highest BCUT2D eigenvalue weighted by molar-refractivity contribution is 6.04. The summed E-state index contributed by atoms with van der Waals surface area (Å²) in [6.45, 7) is 2.03. The Hall–Kier alpha value is -1.59. The zero-order valence-corrected chi connectivity index (χ0v) is 14.6. The molecule has 1 N–H and O–H groups in total. The van der Waals surface area contributed by atoms with Gasteiger partial charge in [0.25, 0.3) is 5.91 Å². The molecule has 0 spiro atoms. The first-order chi connectivity index (χ1) is 11.4. The van der Waals surface area contributed by atoms with E-state index >= 15 is 0 Å². The molecule has 5 fully saturated rings. The summed E-state index contributed by atoms with van der Waals surface area (Å²) in [7, 11) is 1.58. The quantitative estimate of drug-likeness (QED) is 0.795. The number of nitrogens with zero attached hydrogens (tertiary/aromatic N) is 2. The predicted octanol–water partition coefficient (Wildman–Crippen LogP) is 1.60. The van der Waals surface area contributed by atoms with Gasteiger partial charge in [0.2, 0.25) is 5.91 Å². The first-order valence-electron chi connectivity index (χ1n) is 9.21. The highest BCUT2D eigenvalue weighted by atomic mass is 16.2. The van der Waals surface area contributed by atoms with E-state index in [0.29, 0.717) is 0 Å². The number of nitrogens with one attached hydrogen (secondary N) is 1. The molecule has 0 aromatic carbocycles. The molecule has 6 nitrogen and oxygen atoms in total. The van der Waals surface area contributed by atoms with Crippen molar-refractivity contribution in [1.29, 1.82) is 0 Å². The Balaban J connectivity index is 1.39. The van der Waals surface area contributed by atoms with Crippen molar-refractivity contribution in [2.45, 2.75) is 51.5 Å². The van der Waals surface area contributed by atoms with Gasteiger partial charge in [0, 0.05) is 13.1 Å². The maximum atomic E-state index is 12.4. The normalized spacial score (nSPS) is 38.8. The molecule has 132 valence electrons. The Labute approximate surface area is 142 Å². The Bertz CT molecular complexity index is 553. The van der Waals surface area contributed by atoms with E-state index in [1.807, 2.05) is 0 Å². The molecule has 4 amide bonds. The molecule has 4 aliphatic carbocycles. The van der Waals surface area contributed by atoms with Gasteiger partial charge in [0.15, 0.2) is 0 Å². The van der Waals surface area contributed by atoms with Gasteiger partial charge in [-0.3, -0.25) is 14.5 Å². The lowest BCUT2D eigenvalue weighted by molar-refractivity contribution is -0.132. The molecule has 24 heavy (non-hydrogen) atoms. The maximum absolute atomic E-state index is 12.4. The van der Waals surface area contributed by atoms with Gasteiger partial charge >= 0.3 is 6.03 Å². The van der Waals surface area contributed by atoms with Crippen LogP contribution < -0.4 is 5.32 Å². The number of rotatable bonds is 4. The molecule has 5 aliphatic rings. The van der Waals surface area contributed by atoms with Crippen LogP contribution in [0, 0.1) is 23.2 Å². The fourth-order valence-corrected chi connectivity index (χ4v) is 6.12. The first-order valence-corrected chi connectivity index (χ1v) is 9.21. The average Bonchev–Trinajstić information content (AvgIpc) is 2.72. The zero-order valence-electron chi connectivity index (χ0n) is 14.6. The summed E-state index contributed by atoms with van der Waals surface area (Å²) in [4.78, 5) is 38.6. The minimum atomic E-state index is -0.377. The van der Waals surface area contributed by atoms with E-state index in [1.165, 1.54) is 43.4 Å². The number of likely N-dealkylation sites (N-methyl/N-ethyl adjacent to an activating group) is 1. The van der Waals surface area contributed by atoms with Crippen LogP contribution in [0.5, 0.6) is 0 Å². The summed E-state index contributed by atoms with van der Waals surface area (Å²) in [5.41, 5.74) is 0.236. The third-order valence-electron chi connectivity index (χ3n) is 6.91. The molecule has 1 saturated heterocycles. The third kappa shape index (κ3) is 2.50. The van der Waals surface area contributed by atoms with E-state index in [0.717, 1.165) is 22.7 Å². The summed E-state index contributed by atoms with van der Waals surface area (Å²) in [5.74, 6) is 2.01. The van der Waals surface area contributed by atoms with Gasteiger partial charge in [-0.2, -0.15) is 0 Å². The van der Waals surface area contributed by atoms with Crippen LogP contribution in [-0.4, -0.2) is 53.8 Å². The molecule has 0 aromatic rings. The summed E-state index contributed by atoms with van der Waals surface area (Å²) in [6.07, 6.45) is 7.81. The smallest absolute Gasteiger partial charge is 0.327 e. The molecular weight excluding hydrogens is 306 g/mol. The average molecular weight is 333 g/mol. The van der Waals surface area contributed by atoms with Gasteiger partial charge in [0.05, 0.1) is 0 Å². The van der Waals surface area contributed by atoms with Gasteiger partial charge < -0.3 is 10.2 Å². The molecular formula is C18H27N3O3. The SMILES string of the molecule is CC(NC(=O)CN1C(=O)CN(C)C1=O)C12CC3CC(CC(C3)C1)C2. The minimum Gasteiger partial charge on any atom is -0.352 e. The molecule has 0 aromatic heterocycles. The van der Waals surface area contributed by atoms with E-state index in [9.17, 15) is 14.4 Å². The van der Waals surface area contributed by atoms with Gasteiger partial charge in [0.1, 0.15) is 13.1 Å². The van der Waals surface area contributed by atoms with Gasteiger partial charge in [-0.1, -0.05) is 0 Å². The fourth-order valence-electron chi connectivity index (χ4n) is 6.12. The van der Waals surface area contributed by atoms with Crippen molar-refractivity contribution in [1.82, 2.24) is 15.1 Å². The number of carbonyl (C=O) groups excluding carboxylic acids is 3. The largest absolute Gasteiger partial charge is 0.352 e. The van der Waals surface area contributed by atoms with E-state index in [2.05, 4.69) is 12.2 Å². The predicted molar refractivity (Wildman–Crippen MR) is 87.9 cm³/mol. The van der Waals surface area contributed by atoms with Crippen LogP contribution >= 0.6 is 0 Å². The molecule has 4 bridgehead atoms. The van der Waals surface area contributed by atoms with Crippen LogP contribution in [0.1, 0.15) is 45.4 Å². The number of urea groups is 1. The van der Waals surface area contributed by atoms with E-state index in [1.54, 1.807) is 7.05 Å². The lowest BCUT2D eigenvalue weighted by Crippen LogP contribution is -2.57. The van der Waals surface area contributed by atoms with Crippen molar-refractivity contribution in [3.8, 4) is 0 Å². The lowest BCUT2D eigenvalue weighted by atomic mass is 9.48. The highest BCUT2D eigenvalue weighted by Crippen LogP contribution is 2.61. The molecule has 0 radical (unpaired) electrons. The van der Waals surface area contributed by atoms with Crippen molar-refractivity contribution in [3.05, 3.63) is 0 Å². The summed E-state index contributed by atoms with van der Waals surface area (Å²) in [5, 5.41) is 3.12. The van der Waals surface area contributed by atoms with E-state index in [4.69, 9.17) is 0 Å². The maximum Gasteiger partial charge on any atom is 0.327 e. The third-order valence-corrected chi connectivity index (χ3v) is 6.91. The van der Waals surface area contributed by atoms with Crippen molar-refractivity contribution < 1.29 is 14.4 Å². The van der Waals surface area contributed by atoms with Crippen molar-refractivity contribution in [3.63, 3.8) is 0 Å². The Kier molecular flexibility index (Phi) is 3.62. The minimum absolute atomic E-state index is 0.0661. The van der Waals surface area contributed by atoms with E-state index in [-0.39, 0.29) is 42.4 Å². The number of imide groups is 1. The number of hydrogen-bond donors (Lipinski definition) is 1. The number of carbonyl (C=O) groups is 3. The summed E-state index contributed by atoms with van der Waals surface area (Å²) in [6, 6.07) is -0.262. The second-order valence-electron chi connectivity index (χ2n) is 8.69. The van der Waals surface area contributed by atoms with E-state index < -0.39 is 0 Å². The standard InChI is InChI=1S/C18H27N3O3/c1-11(18-6-12-3-13(7-18)5-14(4-12)8-18)19-15(22)9-21-16(23)10-20(2)17(21)24/h11-14H,3-10H2,1-2H3,(H,19,22). The van der Waals surface area contributed by atoms with Gasteiger partial charge in [-0.15, -0.1) is 0 Å². The number of hydrogen-bond acceptors (Lipinski definition) is 3. The molecule has 1 aliphatic heterocycles. The summed E-state index contributed by atoms with van der Waals surface area (Å²) >= 11 is 0. The van der Waals surface area contributed by atoms with Gasteiger partial charge in [-0.25, -0.2) is 4.79 Å². The topological polar surface area (TPSA) is 69.7 Å². The van der Waals surface area contributed by atoms with Crippen molar-refractivity contribution in [2.75, 3.05) is 20.1 Å².